The molecule has 0 heterocycles. The number of carbonyl (C=O) groups excluding carboxylic acids is 3. The Balaban J connectivity index is 5.74. The Morgan fingerprint density at radius 2 is 1.48 bits per heavy atom. The van der Waals surface area contributed by atoms with Crippen molar-refractivity contribution in [2.45, 2.75) is 97.5 Å². The monoisotopic (exact) mass is 490 g/mol. The van der Waals surface area contributed by atoms with E-state index in [0.29, 0.717) is 19.3 Å². The maximum absolute atomic E-state index is 12.9. The summed E-state index contributed by atoms with van der Waals surface area (Å²) in [6.07, 6.45) is 7.72. The van der Waals surface area contributed by atoms with Gasteiger partial charge in [0.15, 0.2) is 0 Å². The third-order valence-corrected chi connectivity index (χ3v) is 5.85. The first-order chi connectivity index (χ1) is 15.4. The standard InChI is InChI=1S/C23H39O9P/c1-6-8-10-12-13-15-19(5)21(25)30-23(17-33(27,28)29,16-14-11-9-7-2)22(26)32-31-20(24)18(3)4/h15H,3,6-14,16-17H2,1-2,4-5H3,(H2,27,28,29). The van der Waals surface area contributed by atoms with Crippen molar-refractivity contribution in [3.05, 3.63) is 23.8 Å². The van der Waals surface area contributed by atoms with Gasteiger partial charge < -0.3 is 14.5 Å². The molecule has 0 radical (unpaired) electrons. The fourth-order valence-corrected chi connectivity index (χ4v) is 4.01. The topological polar surface area (TPSA) is 136 Å². The van der Waals surface area contributed by atoms with E-state index >= 15 is 0 Å². The molecule has 2 N–H and O–H groups in total. The van der Waals surface area contributed by atoms with E-state index in [2.05, 4.69) is 23.3 Å². The van der Waals surface area contributed by atoms with Crippen molar-refractivity contribution < 1.29 is 43.2 Å². The lowest BCUT2D eigenvalue weighted by Gasteiger charge is -2.30. The van der Waals surface area contributed by atoms with Crippen LogP contribution in [0, 0.1) is 0 Å². The number of rotatable bonds is 16. The molecule has 0 aromatic rings. The minimum Gasteiger partial charge on any atom is -0.443 e. The second-order valence-corrected chi connectivity index (χ2v) is 9.92. The van der Waals surface area contributed by atoms with Crippen LogP contribution >= 0.6 is 7.60 Å². The first-order valence-electron chi connectivity index (χ1n) is 11.4. The number of ether oxygens (including phenoxy) is 1. The van der Waals surface area contributed by atoms with Gasteiger partial charge in [-0.3, -0.25) is 4.57 Å². The lowest BCUT2D eigenvalue weighted by atomic mass is 9.97. The highest BCUT2D eigenvalue weighted by Gasteiger charge is 2.50. The number of hydrogen-bond donors (Lipinski definition) is 2. The lowest BCUT2D eigenvalue weighted by molar-refractivity contribution is -0.268. The van der Waals surface area contributed by atoms with Gasteiger partial charge in [-0.05, 0) is 39.5 Å². The van der Waals surface area contributed by atoms with E-state index in [1.165, 1.54) is 13.8 Å². The summed E-state index contributed by atoms with van der Waals surface area (Å²) in [7, 11) is -4.84. The normalized spacial score (nSPS) is 13.7. The zero-order chi connectivity index (χ0) is 25.5. The lowest BCUT2D eigenvalue weighted by Crippen LogP contribution is -2.48. The molecule has 0 aliphatic heterocycles. The first kappa shape index (κ1) is 31.0. The number of carbonyl (C=O) groups is 3. The van der Waals surface area contributed by atoms with Gasteiger partial charge in [-0.15, -0.1) is 0 Å². The van der Waals surface area contributed by atoms with E-state index in [0.717, 1.165) is 38.5 Å². The molecule has 0 fully saturated rings. The van der Waals surface area contributed by atoms with Crippen LogP contribution in [0.25, 0.3) is 0 Å². The van der Waals surface area contributed by atoms with Gasteiger partial charge in [0.1, 0.15) is 6.16 Å². The predicted molar refractivity (Wildman–Crippen MR) is 124 cm³/mol. The molecule has 1 unspecified atom stereocenters. The average molecular weight is 491 g/mol. The van der Waals surface area contributed by atoms with Crippen LogP contribution in [-0.4, -0.2) is 39.5 Å². The summed E-state index contributed by atoms with van der Waals surface area (Å²) < 4.78 is 17.3. The summed E-state index contributed by atoms with van der Waals surface area (Å²) in [6.45, 7) is 10.3. The van der Waals surface area contributed by atoms with E-state index in [9.17, 15) is 28.7 Å². The fraction of sp³-hybridized carbons (Fsp3) is 0.696. The Bertz CT molecular complexity index is 738. The number of allylic oxidation sites excluding steroid dienone is 1. The van der Waals surface area contributed by atoms with Gasteiger partial charge in [0.2, 0.25) is 5.60 Å². The van der Waals surface area contributed by atoms with Crippen molar-refractivity contribution in [3.63, 3.8) is 0 Å². The highest BCUT2D eigenvalue weighted by atomic mass is 31.2. The molecular formula is C23H39O9P. The zero-order valence-electron chi connectivity index (χ0n) is 20.3. The first-order valence-corrected chi connectivity index (χ1v) is 13.2. The maximum Gasteiger partial charge on any atom is 0.399 e. The Kier molecular flexibility index (Phi) is 14.9. The third kappa shape index (κ3) is 13.4. The van der Waals surface area contributed by atoms with Crippen LogP contribution in [0.4, 0.5) is 0 Å². The molecule has 0 rings (SSSR count). The van der Waals surface area contributed by atoms with E-state index in [1.54, 1.807) is 6.08 Å². The quantitative estimate of drug-likeness (QED) is 0.0772. The molecule has 9 nitrogen and oxygen atoms in total. The van der Waals surface area contributed by atoms with Crippen LogP contribution in [0.3, 0.4) is 0 Å². The smallest absolute Gasteiger partial charge is 0.399 e. The van der Waals surface area contributed by atoms with Gasteiger partial charge in [-0.1, -0.05) is 65.0 Å². The van der Waals surface area contributed by atoms with Crippen LogP contribution in [0.1, 0.15) is 91.9 Å². The van der Waals surface area contributed by atoms with Crippen molar-refractivity contribution in [2.24, 2.45) is 0 Å². The van der Waals surface area contributed by atoms with Crippen LogP contribution in [0.5, 0.6) is 0 Å². The summed E-state index contributed by atoms with van der Waals surface area (Å²) in [5, 5.41) is 0. The molecule has 190 valence electrons. The fourth-order valence-electron chi connectivity index (χ4n) is 2.99. The molecule has 0 aromatic heterocycles. The maximum atomic E-state index is 12.9. The van der Waals surface area contributed by atoms with Gasteiger partial charge in [-0.2, -0.15) is 0 Å². The molecule has 0 saturated carbocycles. The molecular weight excluding hydrogens is 451 g/mol. The van der Waals surface area contributed by atoms with E-state index in [-0.39, 0.29) is 17.6 Å². The van der Waals surface area contributed by atoms with Gasteiger partial charge in [0, 0.05) is 11.1 Å². The second kappa shape index (κ2) is 15.8. The van der Waals surface area contributed by atoms with E-state index in [4.69, 9.17) is 4.74 Å². The number of unbranched alkanes of at least 4 members (excludes halogenated alkanes) is 7. The van der Waals surface area contributed by atoms with Crippen LogP contribution in [-0.2, 0) is 33.5 Å². The molecule has 0 aromatic carbocycles. The van der Waals surface area contributed by atoms with Crippen molar-refractivity contribution >= 4 is 25.5 Å². The summed E-state index contributed by atoms with van der Waals surface area (Å²) in [6, 6.07) is 0. The summed E-state index contributed by atoms with van der Waals surface area (Å²) in [5.74, 6) is -3.28. The summed E-state index contributed by atoms with van der Waals surface area (Å²) in [4.78, 5) is 65.4. The average Bonchev–Trinajstić information content (AvgIpc) is 2.72. The van der Waals surface area contributed by atoms with Crippen molar-refractivity contribution in [1.82, 2.24) is 0 Å². The molecule has 0 saturated heterocycles. The van der Waals surface area contributed by atoms with Gasteiger partial charge >= 0.3 is 25.5 Å². The van der Waals surface area contributed by atoms with Gasteiger partial charge in [0.05, 0.1) is 0 Å². The second-order valence-electron chi connectivity index (χ2n) is 8.28. The van der Waals surface area contributed by atoms with E-state index in [1.807, 2.05) is 6.92 Å². The van der Waals surface area contributed by atoms with Crippen LogP contribution in [0.15, 0.2) is 23.8 Å². The highest BCUT2D eigenvalue weighted by molar-refractivity contribution is 7.51. The molecule has 0 aliphatic carbocycles. The van der Waals surface area contributed by atoms with Gasteiger partial charge in [0.25, 0.3) is 0 Å². The highest BCUT2D eigenvalue weighted by Crippen LogP contribution is 2.42. The summed E-state index contributed by atoms with van der Waals surface area (Å²) >= 11 is 0. The van der Waals surface area contributed by atoms with E-state index < -0.39 is 37.3 Å². The Morgan fingerprint density at radius 1 is 0.909 bits per heavy atom. The SMILES string of the molecule is C=C(C)C(=O)OOC(=O)C(CCCCCC)(CP(=O)(O)O)OC(=O)C(C)=CCCCCCC. The molecule has 10 heteroatoms. The number of hydrogen-bond acceptors (Lipinski definition) is 7. The molecule has 0 aliphatic rings. The minimum atomic E-state index is -4.84. The molecule has 0 spiro atoms. The third-order valence-electron chi connectivity index (χ3n) is 4.93. The zero-order valence-corrected chi connectivity index (χ0v) is 21.2. The molecule has 0 bridgehead atoms. The van der Waals surface area contributed by atoms with Gasteiger partial charge in [-0.25, -0.2) is 24.2 Å². The number of esters is 1. The van der Waals surface area contributed by atoms with Crippen LogP contribution < -0.4 is 0 Å². The molecule has 1 atom stereocenters. The Hall–Kier alpha value is -1.96. The van der Waals surface area contributed by atoms with Crippen molar-refractivity contribution in [1.29, 1.82) is 0 Å². The Labute approximate surface area is 196 Å². The summed E-state index contributed by atoms with van der Waals surface area (Å²) in [5.41, 5.74) is -2.15. The largest absolute Gasteiger partial charge is 0.443 e. The molecule has 0 amide bonds. The Morgan fingerprint density at radius 3 is 2.00 bits per heavy atom. The van der Waals surface area contributed by atoms with Crippen molar-refractivity contribution in [2.75, 3.05) is 6.16 Å². The molecule has 33 heavy (non-hydrogen) atoms. The van der Waals surface area contributed by atoms with Crippen molar-refractivity contribution in [3.8, 4) is 0 Å². The minimum absolute atomic E-state index is 0.0508. The predicted octanol–water partition coefficient (Wildman–Crippen LogP) is 4.91. The van der Waals surface area contributed by atoms with Crippen LogP contribution in [0.2, 0.25) is 0 Å².